The zero-order valence-corrected chi connectivity index (χ0v) is 59.0. The third-order valence-corrected chi connectivity index (χ3v) is 16.6. The summed E-state index contributed by atoms with van der Waals surface area (Å²) in [6.07, 6.45) is 2.63. The Morgan fingerprint density at radius 3 is 1.44 bits per heavy atom. The van der Waals surface area contributed by atoms with E-state index in [-0.39, 0.29) is 62.2 Å². The Morgan fingerprint density at radius 1 is 0.538 bits per heavy atom. The van der Waals surface area contributed by atoms with Gasteiger partial charge in [-0.3, -0.25) is 57.5 Å². The third kappa shape index (κ3) is 23.7. The van der Waals surface area contributed by atoms with E-state index in [2.05, 4.69) is 31.3 Å². The maximum Gasteiger partial charge on any atom is 0.312 e. The van der Waals surface area contributed by atoms with Crippen molar-refractivity contribution in [2.24, 2.45) is 46.5 Å². The molecule has 0 bridgehead atoms. The van der Waals surface area contributed by atoms with E-state index in [0.29, 0.717) is 0 Å². The maximum absolute atomic E-state index is 15.5. The van der Waals surface area contributed by atoms with E-state index in [1.165, 1.54) is 87.7 Å². The van der Waals surface area contributed by atoms with Gasteiger partial charge in [0.25, 0.3) is 0 Å². The fourth-order valence-corrected chi connectivity index (χ4v) is 11.1. The number of azide groups is 1. The fraction of sp³-hybridized carbons (Fsp3) is 0.781. The summed E-state index contributed by atoms with van der Waals surface area (Å²) < 4.78 is 5.97. The minimum Gasteiger partial charge on any atom is -0.459 e. The van der Waals surface area contributed by atoms with Gasteiger partial charge in [0, 0.05) is 54.2 Å². The largest absolute Gasteiger partial charge is 0.459 e. The van der Waals surface area contributed by atoms with Crippen molar-refractivity contribution in [2.45, 2.75) is 223 Å². The second kappa shape index (κ2) is 37.9. The summed E-state index contributed by atoms with van der Waals surface area (Å²) in [4.78, 5) is 186. The summed E-state index contributed by atoms with van der Waals surface area (Å²) in [5.41, 5.74) is 9.13. The van der Waals surface area contributed by atoms with E-state index < -0.39 is 168 Å². The molecule has 27 nitrogen and oxygen atoms in total. The van der Waals surface area contributed by atoms with Crippen molar-refractivity contribution in [3.05, 3.63) is 22.6 Å². The van der Waals surface area contributed by atoms with Crippen molar-refractivity contribution in [1.82, 2.24) is 55.6 Å². The van der Waals surface area contributed by atoms with E-state index in [1.807, 2.05) is 55.4 Å². The maximum atomic E-state index is 15.5. The van der Waals surface area contributed by atoms with E-state index in [1.54, 1.807) is 60.6 Å². The summed E-state index contributed by atoms with van der Waals surface area (Å²) in [5, 5.41) is 14.3. The zero-order chi connectivity index (χ0) is 70.4. The van der Waals surface area contributed by atoms with Crippen molar-refractivity contribution < 1.29 is 62.3 Å². The predicted molar refractivity (Wildman–Crippen MR) is 346 cm³/mol. The molecule has 0 radical (unpaired) electrons. The number of ether oxygens (including phenoxy) is 1. The number of nitrogens with one attached hydrogen (secondary N) is 4. The quantitative estimate of drug-likeness (QED) is 0.0494. The molecule has 0 aromatic rings. The number of carbonyl (C=O) groups excluding carboxylic acids is 12. The molecule has 11 amide bonds. The van der Waals surface area contributed by atoms with Crippen LogP contribution < -0.4 is 21.3 Å². The van der Waals surface area contributed by atoms with Gasteiger partial charge in [0.2, 0.25) is 65.0 Å². The van der Waals surface area contributed by atoms with Gasteiger partial charge in [-0.2, -0.15) is 0 Å². The highest BCUT2D eigenvalue weighted by Gasteiger charge is 2.47. The van der Waals surface area contributed by atoms with Gasteiger partial charge >= 0.3 is 5.97 Å². The van der Waals surface area contributed by atoms with E-state index in [0.717, 1.165) is 9.80 Å². The van der Waals surface area contributed by atoms with Gasteiger partial charge in [-0.05, 0) is 106 Å². The molecule has 27 heteroatoms. The average molecular weight is 1290 g/mol. The van der Waals surface area contributed by atoms with Gasteiger partial charge in [0.05, 0.1) is 6.54 Å². The lowest BCUT2D eigenvalue weighted by Gasteiger charge is -2.42. The Morgan fingerprint density at radius 2 is 0.978 bits per heavy atom. The first kappa shape index (κ1) is 81.7. The normalized spacial score (nSPS) is 25.7. The van der Waals surface area contributed by atoms with E-state index in [4.69, 9.17) is 10.3 Å². The molecule has 91 heavy (non-hydrogen) atoms. The molecule has 1 rings (SSSR count). The Balaban J connectivity index is 4.51. The summed E-state index contributed by atoms with van der Waals surface area (Å²) in [7, 11) is 9.70. The van der Waals surface area contributed by atoms with Crippen LogP contribution in [0, 0.1) is 41.4 Å². The summed E-state index contributed by atoms with van der Waals surface area (Å²) in [6, 6.07) is -12.9. The molecule has 0 aromatic heterocycles. The molecular formula is C64H112N14O13. The minimum absolute atomic E-state index is 0.0553. The monoisotopic (exact) mass is 1280 g/mol. The van der Waals surface area contributed by atoms with Crippen molar-refractivity contribution in [3.8, 4) is 0 Å². The number of carbonyl (C=O) groups is 12. The van der Waals surface area contributed by atoms with Gasteiger partial charge in [0.15, 0.2) is 0 Å². The number of hydrogen-bond donors (Lipinski definition) is 4. The van der Waals surface area contributed by atoms with Crippen LogP contribution in [0.3, 0.4) is 0 Å². The number of amides is 11. The van der Waals surface area contributed by atoms with Crippen LogP contribution >= 0.6 is 0 Å². The second-order valence-corrected chi connectivity index (χ2v) is 26.9. The van der Waals surface area contributed by atoms with Gasteiger partial charge in [0.1, 0.15) is 73.1 Å². The van der Waals surface area contributed by atoms with Crippen LogP contribution in [0.1, 0.15) is 156 Å². The van der Waals surface area contributed by atoms with Crippen LogP contribution in [0.5, 0.6) is 0 Å². The van der Waals surface area contributed by atoms with Crippen LogP contribution in [-0.4, -0.2) is 234 Å². The molecule has 0 saturated carbocycles. The van der Waals surface area contributed by atoms with Gasteiger partial charge in [-0.25, -0.2) is 0 Å². The molecule has 0 aliphatic carbocycles. The van der Waals surface area contributed by atoms with E-state index in [9.17, 15) is 38.4 Å². The summed E-state index contributed by atoms with van der Waals surface area (Å²) in [6.45, 7) is 28.1. The third-order valence-electron chi connectivity index (χ3n) is 16.6. The standard InChI is InChI=1S/C64H112N14O13/c1-25-27-28-41(15)54(91-50(80)33-66-71-65)53-58(84)69-44(26-2)60(86)72(18)34-49(79)73(19)45(29-35(3)4)57(83)70-51(39(11)12)63(89)74(20)46(30-36(5)6)56(82)67-42(16)55(81)68-43(17)59(85)75(21)47(31-37(7)8)61(87)76(22)48(32-38(9)10)62(88)77(23)52(40(13)14)64(90)78(53)24/h25,27,35-48,51-54H,26,28-34H2,1-24H3,(H,67,82)(H,68,81)(H,69,84)(H,70,83)/t41-,42+,43-,44+,45+,46+,47+,48+,51+,52+,53+,54-/m1/s1. The Labute approximate surface area is 541 Å². The van der Waals surface area contributed by atoms with Gasteiger partial charge < -0.3 is 60.3 Å². The highest BCUT2D eigenvalue weighted by Crippen LogP contribution is 2.27. The highest BCUT2D eigenvalue weighted by atomic mass is 16.5. The number of esters is 1. The molecule has 4 N–H and O–H groups in total. The predicted octanol–water partition coefficient (Wildman–Crippen LogP) is 4.13. The number of allylic oxidation sites excluding steroid dienone is 2. The summed E-state index contributed by atoms with van der Waals surface area (Å²) in [5.74, 6) is -11.6. The van der Waals surface area contributed by atoms with E-state index >= 15 is 19.2 Å². The summed E-state index contributed by atoms with van der Waals surface area (Å²) >= 11 is 0. The number of nitrogens with zero attached hydrogens (tertiary/aromatic N) is 10. The highest BCUT2D eigenvalue weighted by molar-refractivity contribution is 5.99. The molecule has 0 aromatic carbocycles. The topological polar surface area (TPSA) is 334 Å². The zero-order valence-electron chi connectivity index (χ0n) is 59.0. The van der Waals surface area contributed by atoms with Crippen LogP contribution in [0.2, 0.25) is 0 Å². The molecule has 1 aliphatic rings. The van der Waals surface area contributed by atoms with Crippen molar-refractivity contribution in [2.75, 3.05) is 62.4 Å². The molecule has 1 aliphatic heterocycles. The SMILES string of the molecule is CC=CC[C@@H](C)[C@@H](OC(=O)CN=[N+]=[N-])[C@H]1C(=O)N[C@@H](CC)C(=O)N(C)CC(=O)N(C)[C@@H](CC(C)C)C(=O)N[C@@H](C(C)C)C(=O)N(C)[C@@H](CC(C)C)C(=O)N[C@@H](C)C(=O)N[C@H](C)C(=O)N(C)[C@@H](CC(C)C)C(=O)N(C)[C@@H](CC(C)C)C(=O)N(C)[C@@H](C(C)C)C(=O)N1C. The van der Waals surface area contributed by atoms with Crippen molar-refractivity contribution >= 4 is 70.9 Å². The molecule has 516 valence electrons. The van der Waals surface area contributed by atoms with Crippen LogP contribution in [0.15, 0.2) is 17.3 Å². The number of rotatable bonds is 18. The molecule has 0 unspecified atom stereocenters. The molecule has 12 atom stereocenters. The van der Waals surface area contributed by atoms with Crippen LogP contribution in [-0.2, 0) is 62.3 Å². The molecule has 1 heterocycles. The van der Waals surface area contributed by atoms with Crippen molar-refractivity contribution in [3.63, 3.8) is 0 Å². The fourth-order valence-electron chi connectivity index (χ4n) is 11.1. The lowest BCUT2D eigenvalue weighted by molar-refractivity contribution is -0.164. The first-order chi connectivity index (χ1) is 42.1. The Bertz CT molecular complexity index is 2610. The number of likely N-dealkylation sites (N-methyl/N-ethyl adjacent to an activating group) is 7. The minimum atomic E-state index is -1.74. The molecule has 1 fully saturated rings. The number of hydrogen-bond acceptors (Lipinski definition) is 14. The average Bonchev–Trinajstić information content (AvgIpc) is 0.824. The first-order valence-electron chi connectivity index (χ1n) is 32.0. The van der Waals surface area contributed by atoms with Crippen LogP contribution in [0.4, 0.5) is 0 Å². The van der Waals surface area contributed by atoms with Gasteiger partial charge in [-0.1, -0.05) is 114 Å². The Hall–Kier alpha value is -7.31. The van der Waals surface area contributed by atoms with Gasteiger partial charge in [-0.15, -0.1) is 0 Å². The molecule has 1 saturated heterocycles. The second-order valence-electron chi connectivity index (χ2n) is 26.9. The molecule has 0 spiro atoms. The smallest absolute Gasteiger partial charge is 0.312 e. The lowest BCUT2D eigenvalue weighted by atomic mass is 9.91. The van der Waals surface area contributed by atoms with Crippen LogP contribution in [0.25, 0.3) is 10.4 Å². The molecular weight excluding hydrogens is 1170 g/mol. The lowest BCUT2D eigenvalue weighted by Crippen LogP contribution is -2.64. The Kier molecular flexibility index (Phi) is 34.0. The van der Waals surface area contributed by atoms with Crippen molar-refractivity contribution in [1.29, 1.82) is 0 Å². The first-order valence-corrected chi connectivity index (χ1v) is 32.0.